The predicted molar refractivity (Wildman–Crippen MR) is 95.4 cm³/mol. The molecular formula is C18H26ClN3O2. The van der Waals surface area contributed by atoms with Crippen molar-refractivity contribution < 1.29 is 9.53 Å². The fourth-order valence-electron chi connectivity index (χ4n) is 3.22. The van der Waals surface area contributed by atoms with Crippen molar-refractivity contribution in [2.24, 2.45) is 0 Å². The van der Waals surface area contributed by atoms with Crippen LogP contribution in [0.3, 0.4) is 0 Å². The number of carbonyl (C=O) groups excluding carboxylic acids is 1. The van der Waals surface area contributed by atoms with Crippen LogP contribution in [0.5, 0.6) is 0 Å². The molecule has 2 aliphatic heterocycles. The molecule has 24 heavy (non-hydrogen) atoms. The number of halogens is 1. The zero-order chi connectivity index (χ0) is 16.8. The minimum atomic E-state index is 0.213. The third kappa shape index (κ3) is 5.18. The Kier molecular flexibility index (Phi) is 6.49. The molecule has 2 aliphatic rings. The first-order valence-electron chi connectivity index (χ1n) is 8.75. The molecule has 0 bridgehead atoms. The van der Waals surface area contributed by atoms with Crippen molar-refractivity contribution in [2.75, 3.05) is 65.6 Å². The molecule has 3 rings (SSSR count). The van der Waals surface area contributed by atoms with E-state index in [9.17, 15) is 4.79 Å². The van der Waals surface area contributed by atoms with E-state index < -0.39 is 0 Å². The molecule has 0 aromatic heterocycles. The zero-order valence-corrected chi connectivity index (χ0v) is 14.9. The topological polar surface area (TPSA) is 36.0 Å². The van der Waals surface area contributed by atoms with Crippen molar-refractivity contribution in [3.05, 3.63) is 34.9 Å². The maximum Gasteiger partial charge on any atom is 0.227 e. The highest BCUT2D eigenvalue weighted by Gasteiger charge is 2.21. The van der Waals surface area contributed by atoms with Crippen LogP contribution in [0.15, 0.2) is 24.3 Å². The van der Waals surface area contributed by atoms with Gasteiger partial charge < -0.3 is 9.64 Å². The molecule has 6 heteroatoms. The van der Waals surface area contributed by atoms with E-state index in [-0.39, 0.29) is 5.91 Å². The molecular weight excluding hydrogens is 326 g/mol. The molecule has 132 valence electrons. The van der Waals surface area contributed by atoms with Gasteiger partial charge in [0.15, 0.2) is 0 Å². The van der Waals surface area contributed by atoms with Crippen molar-refractivity contribution in [1.29, 1.82) is 0 Å². The van der Waals surface area contributed by atoms with E-state index in [1.807, 2.05) is 29.2 Å². The van der Waals surface area contributed by atoms with Gasteiger partial charge in [0.2, 0.25) is 5.91 Å². The van der Waals surface area contributed by atoms with Crippen LogP contribution in [-0.2, 0) is 16.0 Å². The van der Waals surface area contributed by atoms with Gasteiger partial charge in [-0.3, -0.25) is 14.6 Å². The van der Waals surface area contributed by atoms with Gasteiger partial charge in [0.05, 0.1) is 19.6 Å². The highest BCUT2D eigenvalue weighted by Crippen LogP contribution is 2.12. The first-order valence-corrected chi connectivity index (χ1v) is 9.13. The summed E-state index contributed by atoms with van der Waals surface area (Å²) in [6.45, 7) is 9.57. The number of piperazine rings is 1. The van der Waals surface area contributed by atoms with E-state index in [4.69, 9.17) is 16.3 Å². The summed E-state index contributed by atoms with van der Waals surface area (Å²) < 4.78 is 5.38. The summed E-state index contributed by atoms with van der Waals surface area (Å²) in [5.74, 6) is 0.213. The number of nitrogens with zero attached hydrogens (tertiary/aromatic N) is 3. The second-order valence-corrected chi connectivity index (χ2v) is 6.92. The van der Waals surface area contributed by atoms with Gasteiger partial charge in [-0.1, -0.05) is 23.7 Å². The van der Waals surface area contributed by atoms with E-state index in [0.717, 1.165) is 71.1 Å². The summed E-state index contributed by atoms with van der Waals surface area (Å²) in [5, 5.41) is 0.708. The van der Waals surface area contributed by atoms with Gasteiger partial charge in [-0.15, -0.1) is 0 Å². The van der Waals surface area contributed by atoms with Crippen LogP contribution in [-0.4, -0.2) is 86.2 Å². The molecule has 0 radical (unpaired) electrons. The van der Waals surface area contributed by atoms with Crippen LogP contribution in [0.1, 0.15) is 5.56 Å². The van der Waals surface area contributed by atoms with Crippen LogP contribution < -0.4 is 0 Å². The zero-order valence-electron chi connectivity index (χ0n) is 14.1. The second kappa shape index (κ2) is 8.81. The van der Waals surface area contributed by atoms with E-state index in [1.165, 1.54) is 0 Å². The number of amides is 1. The lowest BCUT2D eigenvalue weighted by Gasteiger charge is -2.36. The molecule has 1 aromatic rings. The maximum absolute atomic E-state index is 12.4. The van der Waals surface area contributed by atoms with Crippen LogP contribution in [0.4, 0.5) is 0 Å². The summed E-state index contributed by atoms with van der Waals surface area (Å²) in [6, 6.07) is 7.54. The molecule has 5 nitrogen and oxygen atoms in total. The third-order valence-corrected chi connectivity index (χ3v) is 5.08. The summed E-state index contributed by atoms with van der Waals surface area (Å²) >= 11 is 5.89. The lowest BCUT2D eigenvalue weighted by molar-refractivity contribution is -0.132. The molecule has 1 amide bonds. The normalized spacial score (nSPS) is 20.3. The van der Waals surface area contributed by atoms with E-state index in [2.05, 4.69) is 9.80 Å². The highest BCUT2D eigenvalue weighted by atomic mass is 35.5. The largest absolute Gasteiger partial charge is 0.379 e. The Hall–Kier alpha value is -1.14. The summed E-state index contributed by atoms with van der Waals surface area (Å²) in [4.78, 5) is 19.3. The Labute approximate surface area is 149 Å². The van der Waals surface area contributed by atoms with Crippen molar-refractivity contribution in [1.82, 2.24) is 14.7 Å². The molecule has 0 spiro atoms. The monoisotopic (exact) mass is 351 g/mol. The summed E-state index contributed by atoms with van der Waals surface area (Å²) in [5.41, 5.74) is 1.03. The number of rotatable bonds is 5. The average Bonchev–Trinajstić information content (AvgIpc) is 2.63. The number of ether oxygens (including phenoxy) is 1. The Morgan fingerprint density at radius 3 is 2.12 bits per heavy atom. The minimum absolute atomic E-state index is 0.213. The summed E-state index contributed by atoms with van der Waals surface area (Å²) in [7, 11) is 0. The molecule has 2 heterocycles. The Bertz CT molecular complexity index is 524. The van der Waals surface area contributed by atoms with Gasteiger partial charge in [0.25, 0.3) is 0 Å². The first-order chi connectivity index (χ1) is 11.7. The molecule has 0 N–H and O–H groups in total. The van der Waals surface area contributed by atoms with Crippen molar-refractivity contribution in [3.63, 3.8) is 0 Å². The minimum Gasteiger partial charge on any atom is -0.379 e. The van der Waals surface area contributed by atoms with Crippen molar-refractivity contribution >= 4 is 17.5 Å². The van der Waals surface area contributed by atoms with E-state index >= 15 is 0 Å². The number of morpholine rings is 1. The number of hydrogen-bond acceptors (Lipinski definition) is 4. The first kappa shape index (κ1) is 17.7. The van der Waals surface area contributed by atoms with Gasteiger partial charge in [0.1, 0.15) is 0 Å². The van der Waals surface area contributed by atoms with E-state index in [1.54, 1.807) is 0 Å². The molecule has 1 aromatic carbocycles. The quantitative estimate of drug-likeness (QED) is 0.802. The van der Waals surface area contributed by atoms with Crippen LogP contribution in [0.25, 0.3) is 0 Å². The second-order valence-electron chi connectivity index (χ2n) is 6.48. The Morgan fingerprint density at radius 2 is 1.50 bits per heavy atom. The van der Waals surface area contributed by atoms with Crippen LogP contribution in [0, 0.1) is 0 Å². The average molecular weight is 352 g/mol. The van der Waals surface area contributed by atoms with Crippen LogP contribution in [0.2, 0.25) is 5.02 Å². The molecule has 0 unspecified atom stereocenters. The number of carbonyl (C=O) groups is 1. The molecule has 2 saturated heterocycles. The van der Waals surface area contributed by atoms with Gasteiger partial charge in [-0.25, -0.2) is 0 Å². The van der Waals surface area contributed by atoms with Gasteiger partial charge in [0, 0.05) is 57.4 Å². The SMILES string of the molecule is O=C(Cc1ccc(Cl)cc1)N1CCN(CCN2CCOCC2)CC1. The maximum atomic E-state index is 12.4. The number of hydrogen-bond donors (Lipinski definition) is 0. The molecule has 0 saturated carbocycles. The van der Waals surface area contributed by atoms with Gasteiger partial charge in [-0.2, -0.15) is 0 Å². The molecule has 0 aliphatic carbocycles. The number of benzene rings is 1. The van der Waals surface area contributed by atoms with Gasteiger partial charge >= 0.3 is 0 Å². The fraction of sp³-hybridized carbons (Fsp3) is 0.611. The Morgan fingerprint density at radius 1 is 0.917 bits per heavy atom. The highest BCUT2D eigenvalue weighted by molar-refractivity contribution is 6.30. The lowest BCUT2D eigenvalue weighted by Crippen LogP contribution is -2.51. The van der Waals surface area contributed by atoms with Crippen molar-refractivity contribution in [3.8, 4) is 0 Å². The fourth-order valence-corrected chi connectivity index (χ4v) is 3.34. The van der Waals surface area contributed by atoms with Gasteiger partial charge in [-0.05, 0) is 17.7 Å². The predicted octanol–water partition coefficient (Wildman–Crippen LogP) is 1.36. The smallest absolute Gasteiger partial charge is 0.227 e. The standard InChI is InChI=1S/C18H26ClN3O2/c19-17-3-1-16(2-4-17)15-18(23)22-9-7-20(8-10-22)5-6-21-11-13-24-14-12-21/h1-4H,5-15H2. The van der Waals surface area contributed by atoms with E-state index in [0.29, 0.717) is 11.4 Å². The summed E-state index contributed by atoms with van der Waals surface area (Å²) in [6.07, 6.45) is 0.463. The lowest BCUT2D eigenvalue weighted by atomic mass is 10.1. The van der Waals surface area contributed by atoms with Crippen molar-refractivity contribution in [2.45, 2.75) is 6.42 Å². The molecule has 0 atom stereocenters. The van der Waals surface area contributed by atoms with Crippen LogP contribution >= 0.6 is 11.6 Å². The molecule has 2 fully saturated rings. The third-order valence-electron chi connectivity index (χ3n) is 4.83. The Balaban J connectivity index is 1.38.